The zero-order valence-electron chi connectivity index (χ0n) is 11.2. The number of nitrogens with two attached hydrogens (primary N) is 1. The molecule has 0 fully saturated rings. The highest BCUT2D eigenvalue weighted by atomic mass is 32.2. The molecular weight excluding hydrogens is 256 g/mol. The Labute approximate surface area is 118 Å². The van der Waals surface area contributed by atoms with E-state index in [2.05, 4.69) is 30.5 Å². The van der Waals surface area contributed by atoms with Crippen molar-refractivity contribution >= 4 is 23.5 Å². The number of aryl methyl sites for hydroxylation is 1. The molecule has 1 atom stereocenters. The molecule has 102 valence electrons. The van der Waals surface area contributed by atoms with Crippen molar-refractivity contribution in [2.45, 2.75) is 19.4 Å². The monoisotopic (exact) mass is 276 g/mol. The average molecular weight is 276 g/mol. The first kappa shape index (κ1) is 12.9. The zero-order valence-corrected chi connectivity index (χ0v) is 12.1. The second-order valence-corrected chi connectivity index (χ2v) is 6.21. The number of hydrogen-bond acceptors (Lipinski definition) is 4. The molecule has 1 aromatic carbocycles. The maximum atomic E-state index is 6.15. The number of thioether (sulfide) groups is 1. The van der Waals surface area contributed by atoms with Crippen molar-refractivity contribution < 1.29 is 4.74 Å². The van der Waals surface area contributed by atoms with Crippen LogP contribution in [-0.4, -0.2) is 30.7 Å². The van der Waals surface area contributed by atoms with Gasteiger partial charge in [-0.25, -0.2) is 0 Å². The Hall–Kier alpha value is -1.13. The summed E-state index contributed by atoms with van der Waals surface area (Å²) < 4.78 is 6.15. The van der Waals surface area contributed by atoms with Crippen LogP contribution in [0.3, 0.4) is 0 Å². The number of rotatable bonds is 4. The van der Waals surface area contributed by atoms with Crippen LogP contribution in [0, 0.1) is 6.92 Å². The van der Waals surface area contributed by atoms with E-state index in [1.165, 1.54) is 22.4 Å². The van der Waals surface area contributed by atoms with Gasteiger partial charge in [-0.1, -0.05) is 18.2 Å². The Morgan fingerprint density at radius 1 is 1.53 bits per heavy atom. The lowest BCUT2D eigenvalue weighted by Crippen LogP contribution is -2.17. The summed E-state index contributed by atoms with van der Waals surface area (Å²) >= 11 is 1.88. The molecule has 0 amide bonds. The standard InChI is InChI=1S/C15H20N2OS/c1-10-7-11-8-12(9-19-6-4-16)18-15(11)13-3-2-5-17-14(10)13/h2-3,7,12,17H,4-6,8-9,16H2,1H3. The van der Waals surface area contributed by atoms with Crippen LogP contribution < -0.4 is 15.8 Å². The number of hydrogen-bond donors (Lipinski definition) is 2. The Balaban J connectivity index is 1.82. The Bertz CT molecular complexity index is 513. The van der Waals surface area contributed by atoms with Crippen molar-refractivity contribution in [2.24, 2.45) is 5.73 Å². The fourth-order valence-corrected chi connectivity index (χ4v) is 3.55. The van der Waals surface area contributed by atoms with E-state index in [9.17, 15) is 0 Å². The molecule has 1 unspecified atom stereocenters. The summed E-state index contributed by atoms with van der Waals surface area (Å²) in [6.45, 7) is 3.82. The average Bonchev–Trinajstić information content (AvgIpc) is 2.82. The molecule has 0 saturated carbocycles. The van der Waals surface area contributed by atoms with Crippen LogP contribution in [0.4, 0.5) is 5.69 Å². The summed E-state index contributed by atoms with van der Waals surface area (Å²) in [5.41, 5.74) is 10.7. The molecule has 0 saturated heterocycles. The summed E-state index contributed by atoms with van der Waals surface area (Å²) in [6, 6.07) is 2.27. The molecule has 0 bridgehead atoms. The lowest BCUT2D eigenvalue weighted by Gasteiger charge is -2.19. The minimum absolute atomic E-state index is 0.299. The first-order valence-corrected chi connectivity index (χ1v) is 7.96. The van der Waals surface area contributed by atoms with E-state index >= 15 is 0 Å². The lowest BCUT2D eigenvalue weighted by atomic mass is 9.98. The fraction of sp³-hybridized carbons (Fsp3) is 0.467. The molecule has 3 N–H and O–H groups in total. The van der Waals surface area contributed by atoms with E-state index in [4.69, 9.17) is 10.5 Å². The minimum atomic E-state index is 0.299. The largest absolute Gasteiger partial charge is 0.488 e. The molecule has 2 aliphatic rings. The summed E-state index contributed by atoms with van der Waals surface area (Å²) in [7, 11) is 0. The van der Waals surface area contributed by atoms with E-state index in [0.29, 0.717) is 6.10 Å². The van der Waals surface area contributed by atoms with Crippen LogP contribution in [0.5, 0.6) is 5.75 Å². The predicted molar refractivity (Wildman–Crippen MR) is 83.2 cm³/mol. The van der Waals surface area contributed by atoms with Gasteiger partial charge in [0.25, 0.3) is 0 Å². The first-order chi connectivity index (χ1) is 9.29. The maximum absolute atomic E-state index is 6.15. The Morgan fingerprint density at radius 2 is 2.42 bits per heavy atom. The molecule has 3 nitrogen and oxygen atoms in total. The van der Waals surface area contributed by atoms with Gasteiger partial charge in [0, 0.05) is 42.3 Å². The molecule has 2 aliphatic heterocycles. The van der Waals surface area contributed by atoms with Crippen molar-refractivity contribution in [1.82, 2.24) is 0 Å². The van der Waals surface area contributed by atoms with Crippen molar-refractivity contribution in [3.8, 4) is 5.75 Å². The predicted octanol–water partition coefficient (Wildman–Crippen LogP) is 2.43. The second-order valence-electron chi connectivity index (χ2n) is 5.06. The summed E-state index contributed by atoms with van der Waals surface area (Å²) in [6.07, 6.45) is 5.66. The van der Waals surface area contributed by atoms with E-state index in [1.807, 2.05) is 11.8 Å². The van der Waals surface area contributed by atoms with Crippen molar-refractivity contribution in [3.05, 3.63) is 28.8 Å². The van der Waals surface area contributed by atoms with E-state index in [-0.39, 0.29) is 0 Å². The van der Waals surface area contributed by atoms with Gasteiger partial charge in [-0.05, 0) is 18.1 Å². The highest BCUT2D eigenvalue weighted by Crippen LogP contribution is 2.41. The number of ether oxygens (including phenoxy) is 1. The van der Waals surface area contributed by atoms with Gasteiger partial charge in [0.05, 0.1) is 0 Å². The van der Waals surface area contributed by atoms with Gasteiger partial charge in [0.1, 0.15) is 11.9 Å². The molecular formula is C15H20N2OS. The zero-order chi connectivity index (χ0) is 13.2. The smallest absolute Gasteiger partial charge is 0.132 e. The van der Waals surface area contributed by atoms with Gasteiger partial charge in [-0.2, -0.15) is 11.8 Å². The molecule has 3 rings (SSSR count). The summed E-state index contributed by atoms with van der Waals surface area (Å²) in [4.78, 5) is 0. The molecule has 4 heteroatoms. The SMILES string of the molecule is Cc1cc2c(c3c1NCC=C3)OC(CSCCN)C2. The number of nitrogens with one attached hydrogen (secondary N) is 1. The Morgan fingerprint density at radius 3 is 3.26 bits per heavy atom. The number of benzene rings is 1. The third-order valence-corrected chi connectivity index (χ3v) is 4.70. The van der Waals surface area contributed by atoms with Crippen molar-refractivity contribution in [1.29, 1.82) is 0 Å². The molecule has 0 aliphatic carbocycles. The topological polar surface area (TPSA) is 47.3 Å². The molecule has 0 radical (unpaired) electrons. The van der Waals surface area contributed by atoms with Crippen LogP contribution in [0.1, 0.15) is 16.7 Å². The molecule has 2 heterocycles. The van der Waals surface area contributed by atoms with Crippen LogP contribution in [-0.2, 0) is 6.42 Å². The maximum Gasteiger partial charge on any atom is 0.132 e. The molecule has 1 aromatic rings. The van der Waals surface area contributed by atoms with E-state index < -0.39 is 0 Å². The van der Waals surface area contributed by atoms with E-state index in [1.54, 1.807) is 0 Å². The summed E-state index contributed by atoms with van der Waals surface area (Å²) in [5.74, 6) is 3.12. The minimum Gasteiger partial charge on any atom is -0.488 e. The summed E-state index contributed by atoms with van der Waals surface area (Å²) in [5, 5.41) is 3.44. The lowest BCUT2D eigenvalue weighted by molar-refractivity contribution is 0.259. The van der Waals surface area contributed by atoms with Crippen LogP contribution >= 0.6 is 11.8 Å². The third kappa shape index (κ3) is 2.47. The molecule has 0 aromatic heterocycles. The highest BCUT2D eigenvalue weighted by Gasteiger charge is 2.27. The van der Waals surface area contributed by atoms with Gasteiger partial charge in [-0.15, -0.1) is 0 Å². The van der Waals surface area contributed by atoms with Gasteiger partial charge in [0.15, 0.2) is 0 Å². The van der Waals surface area contributed by atoms with Gasteiger partial charge in [-0.3, -0.25) is 0 Å². The Kier molecular flexibility index (Phi) is 3.71. The second kappa shape index (κ2) is 5.47. The fourth-order valence-electron chi connectivity index (χ4n) is 2.76. The number of anilines is 1. The van der Waals surface area contributed by atoms with Crippen LogP contribution in [0.2, 0.25) is 0 Å². The normalized spacial score (nSPS) is 19.6. The van der Waals surface area contributed by atoms with E-state index in [0.717, 1.165) is 36.8 Å². The molecule has 19 heavy (non-hydrogen) atoms. The first-order valence-electron chi connectivity index (χ1n) is 6.81. The quantitative estimate of drug-likeness (QED) is 0.829. The van der Waals surface area contributed by atoms with Gasteiger partial charge in [0.2, 0.25) is 0 Å². The van der Waals surface area contributed by atoms with Crippen molar-refractivity contribution in [3.63, 3.8) is 0 Å². The van der Waals surface area contributed by atoms with Gasteiger partial charge < -0.3 is 15.8 Å². The molecule has 0 spiro atoms. The van der Waals surface area contributed by atoms with Crippen LogP contribution in [0.25, 0.3) is 6.08 Å². The van der Waals surface area contributed by atoms with Crippen LogP contribution in [0.15, 0.2) is 12.1 Å². The van der Waals surface area contributed by atoms with Gasteiger partial charge >= 0.3 is 0 Å². The third-order valence-electron chi connectivity index (χ3n) is 3.57. The highest BCUT2D eigenvalue weighted by molar-refractivity contribution is 7.99. The van der Waals surface area contributed by atoms with Crippen molar-refractivity contribution in [2.75, 3.05) is 29.9 Å². The number of fused-ring (bicyclic) bond motifs is 3.